The normalized spacial score (nSPS) is 11.2. The van der Waals surface area contributed by atoms with Crippen LogP contribution in [0.5, 0.6) is 0 Å². The molecule has 2 rings (SSSR count). The first kappa shape index (κ1) is 12.7. The second-order valence-corrected chi connectivity index (χ2v) is 4.76. The Balaban J connectivity index is 2.55. The fourth-order valence-electron chi connectivity index (χ4n) is 2.34. The third kappa shape index (κ3) is 2.42. The molecule has 0 N–H and O–H groups in total. The van der Waals surface area contributed by atoms with Gasteiger partial charge < -0.3 is 0 Å². The van der Waals surface area contributed by atoms with Gasteiger partial charge in [-0.2, -0.15) is 0 Å². The fraction of sp³-hybridized carbons (Fsp3) is 0.250. The van der Waals surface area contributed by atoms with Crippen LogP contribution < -0.4 is 0 Å². The van der Waals surface area contributed by atoms with Gasteiger partial charge >= 0.3 is 0 Å². The molecule has 0 amide bonds. The summed E-state index contributed by atoms with van der Waals surface area (Å²) in [5, 5.41) is 0. The number of benzene rings is 2. The summed E-state index contributed by atoms with van der Waals surface area (Å²) < 4.78 is 27.8. The quantitative estimate of drug-likeness (QED) is 0.733. The Morgan fingerprint density at radius 2 is 1.11 bits per heavy atom. The minimum atomic E-state index is -0.278. The maximum atomic E-state index is 13.9. The van der Waals surface area contributed by atoms with Crippen LogP contribution in [-0.4, -0.2) is 0 Å². The van der Waals surface area contributed by atoms with Crippen LogP contribution in [0.2, 0.25) is 0 Å². The van der Waals surface area contributed by atoms with Crippen LogP contribution in [0.25, 0.3) is 0 Å². The number of rotatable bonds is 3. The van der Waals surface area contributed by atoms with Crippen LogP contribution in [0.1, 0.15) is 30.9 Å². The number of halogens is 2. The summed E-state index contributed by atoms with van der Waals surface area (Å²) in [5.74, 6) is -0.690. The second-order valence-electron chi connectivity index (χ2n) is 4.76. The molecular weight excluding hydrogens is 230 g/mol. The lowest BCUT2D eigenvalue weighted by molar-refractivity contribution is 0.499. The molecule has 0 aliphatic heterocycles. The first-order valence-electron chi connectivity index (χ1n) is 6.10. The van der Waals surface area contributed by atoms with Crippen molar-refractivity contribution in [3.63, 3.8) is 0 Å². The van der Waals surface area contributed by atoms with E-state index >= 15 is 0 Å². The molecule has 0 atom stereocenters. The highest BCUT2D eigenvalue weighted by Crippen LogP contribution is 2.34. The van der Waals surface area contributed by atoms with Crippen LogP contribution in [-0.2, 0) is 0 Å². The Morgan fingerprint density at radius 1 is 0.722 bits per heavy atom. The standard InChI is InChI=1S/C16H16F2/c1-11(2)16(12-7-3-5-9-14(12)17)13-8-4-6-10-15(13)18/h3-11,16H,1-2H3. The zero-order chi connectivity index (χ0) is 13.1. The maximum absolute atomic E-state index is 13.9. The van der Waals surface area contributed by atoms with Crippen LogP contribution in [0, 0.1) is 17.6 Å². The molecule has 2 heteroatoms. The largest absolute Gasteiger partial charge is 0.207 e. The fourth-order valence-corrected chi connectivity index (χ4v) is 2.34. The zero-order valence-electron chi connectivity index (χ0n) is 10.5. The van der Waals surface area contributed by atoms with Gasteiger partial charge in [-0.05, 0) is 29.2 Å². The molecule has 0 spiro atoms. The predicted molar refractivity (Wildman–Crippen MR) is 69.5 cm³/mol. The molecule has 18 heavy (non-hydrogen) atoms. The van der Waals surface area contributed by atoms with Crippen molar-refractivity contribution in [2.24, 2.45) is 5.92 Å². The van der Waals surface area contributed by atoms with Crippen molar-refractivity contribution >= 4 is 0 Å². The topological polar surface area (TPSA) is 0 Å². The second kappa shape index (κ2) is 5.30. The Morgan fingerprint density at radius 3 is 1.44 bits per heavy atom. The van der Waals surface area contributed by atoms with Crippen molar-refractivity contribution in [3.8, 4) is 0 Å². The van der Waals surface area contributed by atoms with E-state index in [0.717, 1.165) is 0 Å². The van der Waals surface area contributed by atoms with Gasteiger partial charge in [0.25, 0.3) is 0 Å². The zero-order valence-corrected chi connectivity index (χ0v) is 10.5. The minimum Gasteiger partial charge on any atom is -0.207 e. The van der Waals surface area contributed by atoms with Crippen molar-refractivity contribution in [2.75, 3.05) is 0 Å². The van der Waals surface area contributed by atoms with Gasteiger partial charge in [-0.1, -0.05) is 50.2 Å². The first-order chi connectivity index (χ1) is 8.61. The van der Waals surface area contributed by atoms with Crippen LogP contribution >= 0.6 is 0 Å². The van der Waals surface area contributed by atoms with E-state index in [9.17, 15) is 8.78 Å². The number of hydrogen-bond donors (Lipinski definition) is 0. The summed E-state index contributed by atoms with van der Waals surface area (Å²) in [6, 6.07) is 13.2. The molecule has 0 aliphatic carbocycles. The first-order valence-corrected chi connectivity index (χ1v) is 6.10. The van der Waals surface area contributed by atoms with Crippen molar-refractivity contribution < 1.29 is 8.78 Å². The summed E-state index contributed by atoms with van der Waals surface area (Å²) in [7, 11) is 0. The van der Waals surface area contributed by atoms with E-state index in [2.05, 4.69) is 0 Å². The van der Waals surface area contributed by atoms with E-state index in [4.69, 9.17) is 0 Å². The molecule has 0 fully saturated rings. The van der Waals surface area contributed by atoms with Crippen molar-refractivity contribution in [3.05, 3.63) is 71.3 Å². The molecule has 0 aliphatic rings. The lowest BCUT2D eigenvalue weighted by atomic mass is 9.82. The Hall–Kier alpha value is -1.70. The van der Waals surface area contributed by atoms with Crippen molar-refractivity contribution in [1.29, 1.82) is 0 Å². The molecule has 0 nitrogen and oxygen atoms in total. The molecule has 0 heterocycles. The van der Waals surface area contributed by atoms with Gasteiger partial charge in [0.2, 0.25) is 0 Å². The van der Waals surface area contributed by atoms with E-state index in [-0.39, 0.29) is 23.5 Å². The summed E-state index contributed by atoms with van der Waals surface area (Å²) in [6.07, 6.45) is 0. The van der Waals surface area contributed by atoms with Gasteiger partial charge in [-0.15, -0.1) is 0 Å². The van der Waals surface area contributed by atoms with Gasteiger partial charge in [-0.25, -0.2) is 8.78 Å². The van der Waals surface area contributed by atoms with Crippen molar-refractivity contribution in [1.82, 2.24) is 0 Å². The molecule has 0 unspecified atom stereocenters. The monoisotopic (exact) mass is 246 g/mol. The van der Waals surface area contributed by atoms with E-state index in [0.29, 0.717) is 11.1 Å². The molecule has 2 aromatic rings. The third-order valence-corrected chi connectivity index (χ3v) is 3.15. The lowest BCUT2D eigenvalue weighted by Crippen LogP contribution is -2.12. The Bertz CT molecular complexity index is 487. The number of hydrogen-bond acceptors (Lipinski definition) is 0. The van der Waals surface area contributed by atoms with Gasteiger partial charge in [0.15, 0.2) is 0 Å². The predicted octanol–water partition coefficient (Wildman–Crippen LogP) is 4.75. The Labute approximate surface area is 106 Å². The third-order valence-electron chi connectivity index (χ3n) is 3.15. The highest BCUT2D eigenvalue weighted by Gasteiger charge is 2.23. The molecule has 2 aromatic carbocycles. The molecule has 0 saturated heterocycles. The van der Waals surface area contributed by atoms with Crippen molar-refractivity contribution in [2.45, 2.75) is 19.8 Å². The molecule has 0 saturated carbocycles. The SMILES string of the molecule is CC(C)C(c1ccccc1F)c1ccccc1F. The highest BCUT2D eigenvalue weighted by molar-refractivity contribution is 5.34. The van der Waals surface area contributed by atoms with Gasteiger partial charge in [-0.3, -0.25) is 0 Å². The molecule has 0 aromatic heterocycles. The maximum Gasteiger partial charge on any atom is 0.127 e. The van der Waals surface area contributed by atoms with Crippen LogP contribution in [0.4, 0.5) is 8.78 Å². The molecule has 94 valence electrons. The summed E-state index contributed by atoms with van der Waals surface area (Å²) in [5.41, 5.74) is 1.11. The van der Waals surface area contributed by atoms with E-state index in [1.165, 1.54) is 12.1 Å². The smallest absolute Gasteiger partial charge is 0.127 e. The molecule has 0 radical (unpaired) electrons. The molecule has 0 bridgehead atoms. The minimum absolute atomic E-state index is 0.124. The Kier molecular flexibility index (Phi) is 3.75. The van der Waals surface area contributed by atoms with Crippen LogP contribution in [0.15, 0.2) is 48.5 Å². The van der Waals surface area contributed by atoms with E-state index in [1.54, 1.807) is 36.4 Å². The van der Waals surface area contributed by atoms with E-state index in [1.807, 2.05) is 13.8 Å². The summed E-state index contributed by atoms with van der Waals surface area (Å²) in [6.45, 7) is 3.95. The molecular formula is C16H16F2. The van der Waals surface area contributed by atoms with Crippen LogP contribution in [0.3, 0.4) is 0 Å². The summed E-state index contributed by atoms with van der Waals surface area (Å²) in [4.78, 5) is 0. The highest BCUT2D eigenvalue weighted by atomic mass is 19.1. The van der Waals surface area contributed by atoms with Gasteiger partial charge in [0, 0.05) is 5.92 Å². The average molecular weight is 246 g/mol. The lowest BCUT2D eigenvalue weighted by Gasteiger charge is -2.23. The summed E-state index contributed by atoms with van der Waals surface area (Å²) >= 11 is 0. The van der Waals surface area contributed by atoms with Gasteiger partial charge in [0.1, 0.15) is 11.6 Å². The van der Waals surface area contributed by atoms with Gasteiger partial charge in [0.05, 0.1) is 0 Å². The van der Waals surface area contributed by atoms with E-state index < -0.39 is 0 Å². The average Bonchev–Trinajstić information content (AvgIpc) is 2.34.